The van der Waals surface area contributed by atoms with Crippen LogP contribution in [0.5, 0.6) is 0 Å². The van der Waals surface area contributed by atoms with Crippen LogP contribution in [0.4, 0.5) is 36.2 Å². The van der Waals surface area contributed by atoms with Gasteiger partial charge in [-0.05, 0) is 56.6 Å². The molecule has 0 amide bonds. The molecule has 0 bridgehead atoms. The Bertz CT molecular complexity index is 734. The highest BCUT2D eigenvalue weighted by Gasteiger charge is 2.25. The van der Waals surface area contributed by atoms with Crippen molar-refractivity contribution < 1.29 is 139 Å². The molecule has 0 saturated heterocycles. The first kappa shape index (κ1) is 53.6. The molecule has 29 heteroatoms. The van der Waals surface area contributed by atoms with Crippen LogP contribution in [0.15, 0.2) is 0 Å². The fourth-order valence-electron chi connectivity index (χ4n) is 3.78. The van der Waals surface area contributed by atoms with Gasteiger partial charge >= 0.3 is 0 Å². The van der Waals surface area contributed by atoms with E-state index in [2.05, 4.69) is 59.7 Å². The van der Waals surface area contributed by atoms with Gasteiger partial charge in [0.1, 0.15) is 89.5 Å². The normalized spacial score (nSPS) is 13.3. The van der Waals surface area contributed by atoms with Gasteiger partial charge in [0.05, 0.1) is 79.3 Å². The van der Waals surface area contributed by atoms with E-state index in [1.165, 1.54) is 0 Å². The molecule has 0 aliphatic heterocycles. The van der Waals surface area contributed by atoms with E-state index >= 15 is 0 Å². The molecule has 55 heavy (non-hydrogen) atoms. The van der Waals surface area contributed by atoms with E-state index < -0.39 is 103 Å². The zero-order chi connectivity index (χ0) is 40.5. The van der Waals surface area contributed by atoms with Crippen LogP contribution in [-0.4, -0.2) is 169 Å². The molecule has 0 N–H and O–H groups in total. The summed E-state index contributed by atoms with van der Waals surface area (Å²) < 4.78 is 147. The third-order valence-electron chi connectivity index (χ3n) is 6.04. The Kier molecular flexibility index (Phi) is 41.1. The second kappa shape index (κ2) is 42.2. The third kappa shape index (κ3) is 34.4. The highest BCUT2D eigenvalue weighted by molar-refractivity contribution is 4.69. The Morgan fingerprint density at radius 3 is 0.836 bits per heavy atom. The minimum absolute atomic E-state index is 0.172. The number of rotatable bonds is 46. The average Bonchev–Trinajstić information content (AvgIpc) is 3.19. The van der Waals surface area contributed by atoms with Crippen LogP contribution in [-0.2, 0) is 102 Å². The van der Waals surface area contributed by atoms with Crippen molar-refractivity contribution in [3.63, 3.8) is 0 Å². The maximum absolute atomic E-state index is 12.2. The quantitative estimate of drug-likeness (QED) is 0.0375. The van der Waals surface area contributed by atoms with Gasteiger partial charge in [0.25, 0.3) is 0 Å². The van der Waals surface area contributed by atoms with Crippen molar-refractivity contribution in [3.05, 3.63) is 0 Å². The molecule has 0 aromatic rings. The van der Waals surface area contributed by atoms with E-state index in [0.717, 1.165) is 0 Å². The van der Waals surface area contributed by atoms with Gasteiger partial charge in [0.2, 0.25) is 0 Å². The molecule has 2 unspecified atom stereocenters. The lowest BCUT2D eigenvalue weighted by Crippen LogP contribution is -2.40. The van der Waals surface area contributed by atoms with Crippen molar-refractivity contribution in [3.8, 4) is 0 Å². The van der Waals surface area contributed by atoms with Gasteiger partial charge in [0, 0.05) is 0 Å². The van der Waals surface area contributed by atoms with Crippen molar-refractivity contribution in [1.82, 2.24) is 0 Å². The van der Waals surface area contributed by atoms with Crippen molar-refractivity contribution >= 4 is 0 Å². The van der Waals surface area contributed by atoms with Gasteiger partial charge in [-0.1, -0.05) is 0 Å². The molecule has 0 rings (SSSR count). The van der Waals surface area contributed by atoms with E-state index in [1.54, 1.807) is 0 Å². The summed E-state index contributed by atoms with van der Waals surface area (Å²) in [6.45, 7) is -7.56. The highest BCUT2D eigenvalue weighted by Crippen LogP contribution is 2.11. The first-order valence-corrected chi connectivity index (χ1v) is 16.0. The van der Waals surface area contributed by atoms with Crippen LogP contribution < -0.4 is 0 Å². The van der Waals surface area contributed by atoms with Gasteiger partial charge in [0.15, 0.2) is 0 Å². The molecule has 0 radical (unpaired) electrons. The lowest BCUT2D eigenvalue weighted by Gasteiger charge is -2.28. The van der Waals surface area contributed by atoms with Gasteiger partial charge in [-0.15, -0.1) is 0 Å². The maximum Gasteiger partial charge on any atom is 0.114 e. The summed E-state index contributed by atoms with van der Waals surface area (Å²) in [7, 11) is 0. The van der Waals surface area contributed by atoms with E-state index in [-0.39, 0.29) is 66.1 Å². The summed E-state index contributed by atoms with van der Waals surface area (Å²) >= 11 is 0. The van der Waals surface area contributed by atoms with Crippen molar-refractivity contribution in [1.29, 1.82) is 0 Å². The summed E-state index contributed by atoms with van der Waals surface area (Å²) in [5.41, 5.74) is 0. The molecular weight excluding hydrogens is 800 g/mol. The Balaban J connectivity index is 6.03. The van der Waals surface area contributed by atoms with Crippen LogP contribution >= 0.6 is 0 Å². The molecule has 0 fully saturated rings. The van der Waals surface area contributed by atoms with Crippen molar-refractivity contribution in [2.45, 2.75) is 36.6 Å². The third-order valence-corrected chi connectivity index (χ3v) is 6.04. The first-order chi connectivity index (χ1) is 27.0. The SMILES string of the molecule is FOCCOCC(COCCOF)OCC(COCC(COC(COOF)COOF)OC(COOF)COOF)OC(COCCOF)COCCOF. The maximum atomic E-state index is 12.2. The lowest BCUT2D eigenvalue weighted by atomic mass is 10.3. The summed E-state index contributed by atoms with van der Waals surface area (Å²) in [6.07, 6.45) is -6.70. The molecule has 332 valence electrons. The second-order valence-electron chi connectivity index (χ2n) is 10.2. The fraction of sp³-hybridized carbons (Fsp3) is 1.00. The van der Waals surface area contributed by atoms with Crippen molar-refractivity contribution in [2.24, 2.45) is 0 Å². The zero-order valence-corrected chi connectivity index (χ0v) is 29.2. The number of hydrogen-bond acceptors (Lipinski definition) is 21. The zero-order valence-electron chi connectivity index (χ0n) is 29.2. The molecule has 21 nitrogen and oxygen atoms in total. The van der Waals surface area contributed by atoms with E-state index in [0.29, 0.717) is 0 Å². The van der Waals surface area contributed by atoms with Crippen LogP contribution in [0.3, 0.4) is 0 Å². The number of ether oxygens (including phenoxy) is 9. The minimum atomic E-state index is -1.33. The second-order valence-corrected chi connectivity index (χ2v) is 10.2. The van der Waals surface area contributed by atoms with Crippen LogP contribution in [0.25, 0.3) is 0 Å². The Morgan fingerprint density at radius 2 is 0.509 bits per heavy atom. The van der Waals surface area contributed by atoms with Crippen molar-refractivity contribution in [2.75, 3.05) is 132 Å². The molecule has 0 aromatic carbocycles. The van der Waals surface area contributed by atoms with Crippen LogP contribution in [0, 0.1) is 0 Å². The van der Waals surface area contributed by atoms with Gasteiger partial charge in [-0.2, -0.15) is 39.3 Å². The molecule has 0 aliphatic rings. The Labute approximate surface area is 307 Å². The summed E-state index contributed by atoms with van der Waals surface area (Å²) in [5, 5.41) is 12.1. The highest BCUT2D eigenvalue weighted by atomic mass is 19.3. The van der Waals surface area contributed by atoms with E-state index in [9.17, 15) is 36.2 Å². The van der Waals surface area contributed by atoms with E-state index in [4.69, 9.17) is 42.6 Å². The smallest absolute Gasteiger partial charge is 0.114 e. The molecule has 0 aliphatic carbocycles. The van der Waals surface area contributed by atoms with Gasteiger partial charge in [-0.25, -0.2) is 0 Å². The summed E-state index contributed by atoms with van der Waals surface area (Å²) in [6, 6.07) is 0. The topological polar surface area (TPSA) is 194 Å². The van der Waals surface area contributed by atoms with E-state index in [1.807, 2.05) is 0 Å². The predicted octanol–water partition coefficient (Wildman–Crippen LogP) is 2.28. The molecule has 0 saturated carbocycles. The molecule has 0 aromatic heterocycles. The minimum Gasteiger partial charge on any atom is -0.376 e. The molecule has 0 heterocycles. The summed E-state index contributed by atoms with van der Waals surface area (Å²) in [4.78, 5) is 30.4. The molecule has 0 spiro atoms. The number of hydrogen-bond donors (Lipinski definition) is 0. The van der Waals surface area contributed by atoms with Crippen LogP contribution in [0.1, 0.15) is 0 Å². The van der Waals surface area contributed by atoms with Crippen LogP contribution in [0.2, 0.25) is 0 Å². The monoisotopic (exact) mass is 846 g/mol. The number of halogens is 8. The molecule has 2 atom stereocenters. The Morgan fingerprint density at radius 1 is 0.255 bits per heavy atom. The summed E-state index contributed by atoms with van der Waals surface area (Å²) in [5.74, 6) is 0. The fourth-order valence-corrected chi connectivity index (χ4v) is 3.78. The average molecular weight is 847 g/mol. The molecular formula is C26H46F8O21. The Hall–Kier alpha value is -1.40. The predicted molar refractivity (Wildman–Crippen MR) is 152 cm³/mol. The lowest BCUT2D eigenvalue weighted by molar-refractivity contribution is -0.456. The first-order valence-electron chi connectivity index (χ1n) is 16.0. The van der Waals surface area contributed by atoms with Gasteiger partial charge in [-0.3, -0.25) is 0 Å². The standard InChI is InChI=1S/C26H46F8O21/c27-42-5-1-35-9-21(10-36-2-6-43-28)40-15-24(50-23(11-37-3-7-44-29)12-38-4-8-45-30)13-39-14-25(51-26(19-48-54-33)20-49-55-34)16-41-22(17-46-52-31)18-47-53-32/h21-26H,1-20H2. The van der Waals surface area contributed by atoms with Gasteiger partial charge < -0.3 is 42.6 Å². The largest absolute Gasteiger partial charge is 0.376 e.